The maximum absolute atomic E-state index is 6.05. The van der Waals surface area contributed by atoms with Gasteiger partial charge in [0.05, 0.1) is 5.54 Å². The van der Waals surface area contributed by atoms with Crippen LogP contribution in [0.25, 0.3) is 0 Å². The third kappa shape index (κ3) is 2.06. The lowest BCUT2D eigenvalue weighted by molar-refractivity contribution is 0.158. The van der Waals surface area contributed by atoms with Crippen molar-refractivity contribution in [3.63, 3.8) is 0 Å². The smallest absolute Gasteiger partial charge is 0.0529 e. The van der Waals surface area contributed by atoms with Gasteiger partial charge in [0.15, 0.2) is 0 Å². The number of nitrogens with two attached hydrogens (primary N) is 1. The summed E-state index contributed by atoms with van der Waals surface area (Å²) in [6.07, 6.45) is 2.46. The molecule has 0 unspecified atom stereocenters. The van der Waals surface area contributed by atoms with Crippen LogP contribution in [0.2, 0.25) is 0 Å². The molecule has 0 amide bonds. The Labute approximate surface area is 105 Å². The van der Waals surface area contributed by atoms with Crippen molar-refractivity contribution in [2.24, 2.45) is 11.7 Å². The van der Waals surface area contributed by atoms with Crippen molar-refractivity contribution in [1.29, 1.82) is 0 Å². The third-order valence-corrected chi connectivity index (χ3v) is 4.13. The largest absolute Gasteiger partial charge is 0.365 e. The van der Waals surface area contributed by atoms with Crippen LogP contribution in [0.3, 0.4) is 0 Å². The van der Waals surface area contributed by atoms with Crippen molar-refractivity contribution in [3.05, 3.63) is 29.8 Å². The zero-order valence-electron chi connectivity index (χ0n) is 11.2. The van der Waals surface area contributed by atoms with Gasteiger partial charge in [0.25, 0.3) is 0 Å². The summed E-state index contributed by atoms with van der Waals surface area (Å²) in [4.78, 5) is 2.52. The summed E-state index contributed by atoms with van der Waals surface area (Å²) in [6.45, 7) is 8.53. The van der Waals surface area contributed by atoms with Gasteiger partial charge >= 0.3 is 0 Å². The fourth-order valence-electron chi connectivity index (χ4n) is 3.36. The Hall–Kier alpha value is -1.02. The Morgan fingerprint density at radius 1 is 1.35 bits per heavy atom. The number of likely N-dealkylation sites (N-methyl/N-ethyl adjacent to an activating group) is 1. The summed E-state index contributed by atoms with van der Waals surface area (Å²) in [5.41, 5.74) is 8.96. The van der Waals surface area contributed by atoms with Gasteiger partial charge in [-0.3, -0.25) is 0 Å². The highest BCUT2D eigenvalue weighted by molar-refractivity contribution is 5.56. The summed E-state index contributed by atoms with van der Waals surface area (Å²) < 4.78 is 0. The number of rotatable bonds is 4. The number of hydrogen-bond acceptors (Lipinski definition) is 2. The quantitative estimate of drug-likeness (QED) is 0.865. The van der Waals surface area contributed by atoms with E-state index in [0.29, 0.717) is 0 Å². The lowest BCUT2D eigenvalue weighted by Gasteiger charge is -2.54. The Morgan fingerprint density at radius 3 is 2.47 bits per heavy atom. The number of anilines is 1. The van der Waals surface area contributed by atoms with Crippen molar-refractivity contribution in [2.75, 3.05) is 18.0 Å². The molecule has 0 spiro atoms. The SMILES string of the molecule is CCN(c1ccccc1C)C1(CN)CC(C)C1. The average molecular weight is 232 g/mol. The fraction of sp³-hybridized carbons (Fsp3) is 0.600. The molecule has 1 saturated carbocycles. The van der Waals surface area contributed by atoms with Gasteiger partial charge in [-0.25, -0.2) is 0 Å². The second-order valence-corrected chi connectivity index (χ2v) is 5.47. The highest BCUT2D eigenvalue weighted by Gasteiger charge is 2.45. The van der Waals surface area contributed by atoms with Gasteiger partial charge in [-0.2, -0.15) is 0 Å². The van der Waals surface area contributed by atoms with Crippen LogP contribution in [-0.2, 0) is 0 Å². The molecule has 1 fully saturated rings. The van der Waals surface area contributed by atoms with Crippen LogP contribution in [0.15, 0.2) is 24.3 Å². The van der Waals surface area contributed by atoms with E-state index in [4.69, 9.17) is 5.73 Å². The summed E-state index contributed by atoms with van der Waals surface area (Å²) in [5.74, 6) is 0.816. The first-order valence-corrected chi connectivity index (χ1v) is 6.66. The standard InChI is InChI=1S/C15H24N2/c1-4-17(14-8-6-5-7-13(14)3)15(11-16)9-12(2)10-15/h5-8,12H,4,9-11,16H2,1-3H3. The van der Waals surface area contributed by atoms with Gasteiger partial charge in [0.2, 0.25) is 0 Å². The van der Waals surface area contributed by atoms with Crippen molar-refractivity contribution >= 4 is 5.69 Å². The molecule has 2 heteroatoms. The van der Waals surface area contributed by atoms with E-state index < -0.39 is 0 Å². The highest BCUT2D eigenvalue weighted by Crippen LogP contribution is 2.44. The highest BCUT2D eigenvalue weighted by atomic mass is 15.2. The number of hydrogen-bond donors (Lipinski definition) is 1. The van der Waals surface area contributed by atoms with Gasteiger partial charge in [0.1, 0.15) is 0 Å². The third-order valence-electron chi connectivity index (χ3n) is 4.13. The second kappa shape index (κ2) is 4.69. The molecule has 94 valence electrons. The van der Waals surface area contributed by atoms with Gasteiger partial charge in [-0.1, -0.05) is 25.1 Å². The molecule has 0 saturated heterocycles. The fourth-order valence-corrected chi connectivity index (χ4v) is 3.36. The van der Waals surface area contributed by atoms with E-state index >= 15 is 0 Å². The molecule has 2 nitrogen and oxygen atoms in total. The molecule has 0 atom stereocenters. The monoisotopic (exact) mass is 232 g/mol. The molecular formula is C15H24N2. The van der Waals surface area contributed by atoms with Crippen LogP contribution >= 0.6 is 0 Å². The van der Waals surface area contributed by atoms with Gasteiger partial charge in [-0.05, 0) is 44.2 Å². The van der Waals surface area contributed by atoms with E-state index in [1.165, 1.54) is 24.1 Å². The first-order valence-electron chi connectivity index (χ1n) is 6.66. The summed E-state index contributed by atoms with van der Waals surface area (Å²) in [7, 11) is 0. The van der Waals surface area contributed by atoms with Crippen LogP contribution in [0.4, 0.5) is 5.69 Å². The molecule has 0 aromatic heterocycles. The van der Waals surface area contributed by atoms with E-state index in [-0.39, 0.29) is 5.54 Å². The van der Waals surface area contributed by atoms with Crippen molar-refractivity contribution in [2.45, 2.75) is 39.2 Å². The summed E-state index contributed by atoms with van der Waals surface area (Å²) in [5, 5.41) is 0. The van der Waals surface area contributed by atoms with E-state index in [0.717, 1.165) is 19.0 Å². The molecule has 2 N–H and O–H groups in total. The number of aryl methyl sites for hydroxylation is 1. The van der Waals surface area contributed by atoms with Gasteiger partial charge in [-0.15, -0.1) is 0 Å². The molecule has 0 aliphatic heterocycles. The molecule has 1 aromatic carbocycles. The Morgan fingerprint density at radius 2 is 2.00 bits per heavy atom. The molecule has 1 aliphatic carbocycles. The normalized spacial score (nSPS) is 27.6. The summed E-state index contributed by atoms with van der Waals surface area (Å²) in [6, 6.07) is 8.63. The van der Waals surface area contributed by atoms with Crippen molar-refractivity contribution in [1.82, 2.24) is 0 Å². The molecule has 1 aliphatic rings. The molecule has 0 heterocycles. The Kier molecular flexibility index (Phi) is 3.43. The van der Waals surface area contributed by atoms with E-state index in [1.807, 2.05) is 0 Å². The average Bonchev–Trinajstić information content (AvgIpc) is 2.29. The minimum atomic E-state index is 0.209. The van der Waals surface area contributed by atoms with Crippen LogP contribution in [0.1, 0.15) is 32.3 Å². The Bertz CT molecular complexity index is 380. The van der Waals surface area contributed by atoms with Crippen LogP contribution in [-0.4, -0.2) is 18.6 Å². The molecule has 1 aromatic rings. The zero-order chi connectivity index (χ0) is 12.5. The first kappa shape index (κ1) is 12.4. The van der Waals surface area contributed by atoms with Crippen molar-refractivity contribution in [3.8, 4) is 0 Å². The Balaban J connectivity index is 2.31. The van der Waals surface area contributed by atoms with Crippen LogP contribution in [0, 0.1) is 12.8 Å². The topological polar surface area (TPSA) is 29.3 Å². The van der Waals surface area contributed by atoms with Gasteiger partial charge < -0.3 is 10.6 Å². The lowest BCUT2D eigenvalue weighted by atomic mass is 9.67. The molecular weight excluding hydrogens is 208 g/mol. The summed E-state index contributed by atoms with van der Waals surface area (Å²) >= 11 is 0. The maximum Gasteiger partial charge on any atom is 0.0529 e. The zero-order valence-corrected chi connectivity index (χ0v) is 11.2. The second-order valence-electron chi connectivity index (χ2n) is 5.47. The molecule has 0 bridgehead atoms. The predicted molar refractivity (Wildman–Crippen MR) is 74.4 cm³/mol. The number of benzene rings is 1. The van der Waals surface area contributed by atoms with Crippen LogP contribution in [0.5, 0.6) is 0 Å². The molecule has 2 rings (SSSR count). The predicted octanol–water partition coefficient (Wildman–Crippen LogP) is 2.95. The van der Waals surface area contributed by atoms with E-state index in [9.17, 15) is 0 Å². The minimum absolute atomic E-state index is 0.209. The minimum Gasteiger partial charge on any atom is -0.365 e. The van der Waals surface area contributed by atoms with E-state index in [1.54, 1.807) is 0 Å². The molecule has 0 radical (unpaired) electrons. The van der Waals surface area contributed by atoms with Gasteiger partial charge in [0, 0.05) is 18.8 Å². The van der Waals surface area contributed by atoms with E-state index in [2.05, 4.69) is 49.9 Å². The first-order chi connectivity index (χ1) is 8.13. The lowest BCUT2D eigenvalue weighted by Crippen LogP contribution is -2.61. The maximum atomic E-state index is 6.05. The van der Waals surface area contributed by atoms with Crippen molar-refractivity contribution < 1.29 is 0 Å². The van der Waals surface area contributed by atoms with Crippen LogP contribution < -0.4 is 10.6 Å². The number of nitrogens with zero attached hydrogens (tertiary/aromatic N) is 1. The molecule has 17 heavy (non-hydrogen) atoms. The number of para-hydroxylation sites is 1.